The molecule has 2 aromatic carbocycles. The number of para-hydroxylation sites is 1. The molecule has 204 valence electrons. The summed E-state index contributed by atoms with van der Waals surface area (Å²) in [5.41, 5.74) is 0.587. The number of carbonyl (C=O) groups is 5. The van der Waals surface area contributed by atoms with Crippen molar-refractivity contribution in [3.05, 3.63) is 71.9 Å². The molecule has 3 rings (SSSR count). The van der Waals surface area contributed by atoms with Crippen LogP contribution in [0, 0.1) is 17.6 Å². The highest BCUT2D eigenvalue weighted by Crippen LogP contribution is 2.19. The molecule has 0 unspecified atom stereocenters. The molecule has 39 heavy (non-hydrogen) atoms. The summed E-state index contributed by atoms with van der Waals surface area (Å²) in [6.45, 7) is 2.20. The number of benzene rings is 2. The summed E-state index contributed by atoms with van der Waals surface area (Å²) in [4.78, 5) is 66.5. The summed E-state index contributed by atoms with van der Waals surface area (Å²) in [6, 6.07) is 10.2. The Morgan fingerprint density at radius 2 is 1.67 bits per heavy atom. The number of ketones is 2. The summed E-state index contributed by atoms with van der Waals surface area (Å²) in [5.74, 6) is -9.44. The number of hydrogen-bond acceptors (Lipinski definition) is 7. The van der Waals surface area contributed by atoms with Gasteiger partial charge in [-0.3, -0.25) is 24.0 Å². The third-order valence-corrected chi connectivity index (χ3v) is 5.63. The van der Waals surface area contributed by atoms with Crippen LogP contribution < -0.4 is 15.4 Å². The average Bonchev–Trinajstić information content (AvgIpc) is 2.90. The van der Waals surface area contributed by atoms with E-state index in [4.69, 9.17) is 4.74 Å². The van der Waals surface area contributed by atoms with Crippen LogP contribution in [0.5, 0.6) is 5.75 Å². The largest absolute Gasteiger partial charge is 0.482 e. The minimum Gasteiger partial charge on any atom is -0.482 e. The van der Waals surface area contributed by atoms with E-state index in [9.17, 15) is 37.9 Å². The SMILES string of the molecule is CC(C)[C@H](NC(=O)c1ccc2ccccc2n1)C(=O)N[C@@H](CC(=O)O)C(=O)C(=O)COc1cccc(F)c1F. The van der Waals surface area contributed by atoms with Gasteiger partial charge >= 0.3 is 5.97 Å². The molecule has 3 N–H and O–H groups in total. The molecule has 0 aliphatic rings. The van der Waals surface area contributed by atoms with Crippen LogP contribution in [-0.2, 0) is 19.2 Å². The lowest BCUT2D eigenvalue weighted by Crippen LogP contribution is -2.55. The summed E-state index contributed by atoms with van der Waals surface area (Å²) in [7, 11) is 0. The Hall–Kier alpha value is -4.74. The number of nitrogens with zero attached hydrogens (tertiary/aromatic N) is 1. The van der Waals surface area contributed by atoms with E-state index in [1.54, 1.807) is 32.0 Å². The van der Waals surface area contributed by atoms with Gasteiger partial charge in [0, 0.05) is 5.39 Å². The zero-order valence-corrected chi connectivity index (χ0v) is 20.9. The van der Waals surface area contributed by atoms with Crippen LogP contribution in [-0.4, -0.2) is 58.1 Å². The lowest BCUT2D eigenvalue weighted by Gasteiger charge is -2.24. The normalized spacial score (nSPS) is 12.4. The summed E-state index contributed by atoms with van der Waals surface area (Å²) in [6.07, 6.45) is -0.949. The second-order valence-electron chi connectivity index (χ2n) is 8.87. The second-order valence-corrected chi connectivity index (χ2v) is 8.87. The number of carboxylic acid groups (broad SMARTS) is 1. The first-order chi connectivity index (χ1) is 18.5. The van der Waals surface area contributed by atoms with Gasteiger partial charge in [-0.25, -0.2) is 9.37 Å². The molecule has 3 aromatic rings. The fraction of sp³-hybridized carbons (Fsp3) is 0.259. The Bertz CT molecular complexity index is 1430. The summed E-state index contributed by atoms with van der Waals surface area (Å²) in [5, 5.41) is 14.7. The molecular formula is C27H25F2N3O7. The van der Waals surface area contributed by atoms with Crippen molar-refractivity contribution in [2.75, 3.05) is 6.61 Å². The van der Waals surface area contributed by atoms with E-state index < -0.39 is 77.8 Å². The molecule has 1 aromatic heterocycles. The minimum absolute atomic E-state index is 0.0298. The Morgan fingerprint density at radius 1 is 0.949 bits per heavy atom. The first kappa shape index (κ1) is 28.8. The number of ether oxygens (including phenoxy) is 1. The van der Waals surface area contributed by atoms with Gasteiger partial charge in [0.05, 0.1) is 11.9 Å². The van der Waals surface area contributed by atoms with E-state index in [1.807, 2.05) is 12.1 Å². The lowest BCUT2D eigenvalue weighted by molar-refractivity contribution is -0.144. The van der Waals surface area contributed by atoms with E-state index in [1.165, 1.54) is 6.07 Å². The van der Waals surface area contributed by atoms with E-state index in [2.05, 4.69) is 15.6 Å². The maximum absolute atomic E-state index is 13.8. The highest BCUT2D eigenvalue weighted by atomic mass is 19.2. The van der Waals surface area contributed by atoms with Gasteiger partial charge in [0.1, 0.15) is 17.8 Å². The predicted molar refractivity (Wildman–Crippen MR) is 134 cm³/mol. The van der Waals surface area contributed by atoms with Crippen LogP contribution in [0.15, 0.2) is 54.6 Å². The Kier molecular flexibility index (Phi) is 9.37. The van der Waals surface area contributed by atoms with Crippen LogP contribution >= 0.6 is 0 Å². The number of aliphatic carboxylic acids is 1. The van der Waals surface area contributed by atoms with Gasteiger partial charge in [-0.15, -0.1) is 0 Å². The maximum atomic E-state index is 13.8. The molecular weight excluding hydrogens is 516 g/mol. The third-order valence-electron chi connectivity index (χ3n) is 5.63. The Morgan fingerprint density at radius 3 is 2.36 bits per heavy atom. The minimum atomic E-state index is -1.81. The molecule has 0 saturated heterocycles. The zero-order valence-electron chi connectivity index (χ0n) is 20.9. The molecule has 2 atom stereocenters. The molecule has 0 aliphatic carbocycles. The van der Waals surface area contributed by atoms with E-state index in [0.29, 0.717) is 5.52 Å². The van der Waals surface area contributed by atoms with Gasteiger partial charge in [0.25, 0.3) is 5.91 Å². The molecule has 0 aliphatic heterocycles. The summed E-state index contributed by atoms with van der Waals surface area (Å²) < 4.78 is 32.0. The number of hydrogen-bond donors (Lipinski definition) is 3. The first-order valence-electron chi connectivity index (χ1n) is 11.8. The molecule has 12 heteroatoms. The molecule has 0 bridgehead atoms. The van der Waals surface area contributed by atoms with E-state index in [-0.39, 0.29) is 5.69 Å². The number of halogens is 2. The summed E-state index contributed by atoms with van der Waals surface area (Å²) >= 11 is 0. The van der Waals surface area contributed by atoms with Crippen molar-refractivity contribution in [1.29, 1.82) is 0 Å². The Balaban J connectivity index is 1.71. The van der Waals surface area contributed by atoms with Crippen LogP contribution in [0.4, 0.5) is 8.78 Å². The van der Waals surface area contributed by atoms with Crippen LogP contribution in [0.25, 0.3) is 10.9 Å². The van der Waals surface area contributed by atoms with Gasteiger partial charge in [-0.1, -0.05) is 44.2 Å². The predicted octanol–water partition coefficient (Wildman–Crippen LogP) is 2.44. The number of nitrogens with one attached hydrogen (secondary N) is 2. The average molecular weight is 542 g/mol. The topological polar surface area (TPSA) is 152 Å². The zero-order chi connectivity index (χ0) is 28.7. The quantitative estimate of drug-likeness (QED) is 0.296. The highest BCUT2D eigenvalue weighted by molar-refractivity contribution is 6.40. The van der Waals surface area contributed by atoms with Crippen LogP contribution in [0.2, 0.25) is 0 Å². The molecule has 1 heterocycles. The van der Waals surface area contributed by atoms with E-state index >= 15 is 0 Å². The van der Waals surface area contributed by atoms with Gasteiger partial charge in [0.15, 0.2) is 18.2 Å². The van der Waals surface area contributed by atoms with Crippen molar-refractivity contribution >= 4 is 40.3 Å². The molecule has 0 radical (unpaired) electrons. The van der Waals surface area contributed by atoms with Crippen molar-refractivity contribution in [2.24, 2.45) is 5.92 Å². The monoisotopic (exact) mass is 541 g/mol. The van der Waals surface area contributed by atoms with Gasteiger partial charge < -0.3 is 20.5 Å². The number of pyridine rings is 1. The lowest BCUT2D eigenvalue weighted by atomic mass is 10.0. The van der Waals surface area contributed by atoms with Gasteiger partial charge in [-0.2, -0.15) is 4.39 Å². The number of fused-ring (bicyclic) bond motifs is 1. The Labute approximate surface area is 221 Å². The number of aromatic nitrogens is 1. The van der Waals surface area contributed by atoms with Crippen LogP contribution in [0.1, 0.15) is 30.8 Å². The van der Waals surface area contributed by atoms with Gasteiger partial charge in [0.2, 0.25) is 23.3 Å². The van der Waals surface area contributed by atoms with Crippen molar-refractivity contribution in [3.63, 3.8) is 0 Å². The van der Waals surface area contributed by atoms with Crippen molar-refractivity contribution < 1.29 is 42.6 Å². The number of rotatable bonds is 12. The first-order valence-corrected chi connectivity index (χ1v) is 11.8. The molecule has 0 saturated carbocycles. The molecule has 2 amide bonds. The van der Waals surface area contributed by atoms with E-state index in [0.717, 1.165) is 23.6 Å². The number of Topliss-reactive ketones (excluding diaryl/α,β-unsaturated/α-hetero) is 2. The highest BCUT2D eigenvalue weighted by Gasteiger charge is 2.33. The smallest absolute Gasteiger partial charge is 0.305 e. The molecule has 10 nitrogen and oxygen atoms in total. The fourth-order valence-electron chi connectivity index (χ4n) is 3.59. The van der Waals surface area contributed by atoms with Crippen molar-refractivity contribution in [1.82, 2.24) is 15.6 Å². The number of amides is 2. The second kappa shape index (κ2) is 12.7. The fourth-order valence-corrected chi connectivity index (χ4v) is 3.59. The van der Waals surface area contributed by atoms with Crippen molar-refractivity contribution in [2.45, 2.75) is 32.4 Å². The number of carbonyl (C=O) groups excluding carboxylic acids is 4. The maximum Gasteiger partial charge on any atom is 0.305 e. The third kappa shape index (κ3) is 7.40. The molecule has 0 spiro atoms. The molecule has 0 fully saturated rings. The van der Waals surface area contributed by atoms with Crippen molar-refractivity contribution in [3.8, 4) is 5.75 Å². The number of carboxylic acids is 1. The standard InChI is InChI=1S/C27H25F2N3O7/c1-14(2)24(32-26(37)18-11-10-15-6-3-4-8-17(15)30-18)27(38)31-19(12-22(34)35)25(36)20(33)13-39-21-9-5-7-16(28)23(21)29/h3-11,14,19,24H,12-13H2,1-2H3,(H,31,38)(H,32,37)(H,34,35)/t19-,24-/m0/s1. The van der Waals surface area contributed by atoms with Crippen LogP contribution in [0.3, 0.4) is 0 Å². The van der Waals surface area contributed by atoms with Gasteiger partial charge in [-0.05, 0) is 30.2 Å².